The number of rotatable bonds is 3. The average Bonchev–Trinajstić information content (AvgIpc) is 2.54. The molecule has 0 heterocycles. The third kappa shape index (κ3) is 3.09. The van der Waals surface area contributed by atoms with Crippen molar-refractivity contribution < 1.29 is 14.9 Å². The second kappa shape index (κ2) is 6.49. The first-order chi connectivity index (χ1) is 10.6. The summed E-state index contributed by atoms with van der Waals surface area (Å²) in [5.41, 5.74) is 1.44. The number of hydrogen-bond acceptors (Lipinski definition) is 5. The molecule has 7 nitrogen and oxygen atoms in total. The lowest BCUT2D eigenvalue weighted by atomic mass is 10.0. The van der Waals surface area contributed by atoms with Gasteiger partial charge in [0, 0.05) is 23.3 Å². The Kier molecular flexibility index (Phi) is 4.47. The Hall–Kier alpha value is -3.22. The number of nitrogens with one attached hydrogen (secondary N) is 1. The average molecular weight is 299 g/mol. The van der Waals surface area contributed by atoms with Crippen LogP contribution in [0.1, 0.15) is 17.3 Å². The number of carbonyl (C=O) groups is 1. The number of carbonyl (C=O) groups excluding carboxylic acids is 1. The van der Waals surface area contributed by atoms with E-state index < -0.39 is 10.8 Å². The van der Waals surface area contributed by atoms with Gasteiger partial charge in [-0.2, -0.15) is 0 Å². The summed E-state index contributed by atoms with van der Waals surface area (Å²) in [6.07, 6.45) is 6.81. The Labute approximate surface area is 126 Å². The van der Waals surface area contributed by atoms with E-state index in [1.54, 1.807) is 31.2 Å². The molecule has 1 aromatic carbocycles. The van der Waals surface area contributed by atoms with Crippen molar-refractivity contribution in [2.75, 3.05) is 0 Å². The second-order valence-electron chi connectivity index (χ2n) is 4.39. The zero-order chi connectivity index (χ0) is 16.1. The van der Waals surface area contributed by atoms with Gasteiger partial charge < -0.3 is 10.5 Å². The molecule has 2 rings (SSSR count). The number of allylic oxidation sites excluding steroid dienone is 5. The molecule has 0 fully saturated rings. The molecule has 1 aromatic rings. The highest BCUT2D eigenvalue weighted by molar-refractivity contribution is 6.17. The molecule has 0 aliphatic heterocycles. The fourth-order valence-corrected chi connectivity index (χ4v) is 1.94. The van der Waals surface area contributed by atoms with Crippen LogP contribution in [0.3, 0.4) is 0 Å². The Morgan fingerprint density at radius 3 is 2.59 bits per heavy atom. The number of hydrogen-bond donors (Lipinski definition) is 2. The minimum Gasteiger partial charge on any atom is -0.410 e. The Morgan fingerprint density at radius 1 is 1.36 bits per heavy atom. The quantitative estimate of drug-likeness (QED) is 0.508. The van der Waals surface area contributed by atoms with Crippen LogP contribution in [0, 0.1) is 10.1 Å². The number of nitrogens with zero attached hydrogens (tertiary/aromatic N) is 2. The van der Waals surface area contributed by atoms with Crippen LogP contribution < -0.4 is 5.32 Å². The lowest BCUT2D eigenvalue weighted by Gasteiger charge is -2.14. The van der Waals surface area contributed by atoms with Crippen LogP contribution in [0.15, 0.2) is 65.0 Å². The first-order valence-corrected chi connectivity index (χ1v) is 6.40. The van der Waals surface area contributed by atoms with Crippen molar-refractivity contribution in [1.82, 2.24) is 5.32 Å². The van der Waals surface area contributed by atoms with Crippen LogP contribution in [0.5, 0.6) is 0 Å². The molecule has 1 aliphatic rings. The summed E-state index contributed by atoms with van der Waals surface area (Å²) in [6.45, 7) is 1.78. The lowest BCUT2D eigenvalue weighted by Crippen LogP contribution is -2.29. The van der Waals surface area contributed by atoms with E-state index in [-0.39, 0.29) is 17.0 Å². The van der Waals surface area contributed by atoms with E-state index in [2.05, 4.69) is 10.5 Å². The zero-order valence-electron chi connectivity index (χ0n) is 11.7. The molecule has 0 atom stereocenters. The molecule has 0 saturated heterocycles. The predicted molar refractivity (Wildman–Crippen MR) is 80.8 cm³/mol. The van der Waals surface area contributed by atoms with E-state index in [1.165, 1.54) is 24.3 Å². The first kappa shape index (κ1) is 15.2. The maximum absolute atomic E-state index is 12.1. The molecule has 1 aliphatic carbocycles. The van der Waals surface area contributed by atoms with E-state index in [4.69, 9.17) is 5.21 Å². The highest BCUT2D eigenvalue weighted by Gasteiger charge is 2.17. The second-order valence-corrected chi connectivity index (χ2v) is 4.39. The molecule has 2 N–H and O–H groups in total. The molecule has 22 heavy (non-hydrogen) atoms. The predicted octanol–water partition coefficient (Wildman–Crippen LogP) is 2.55. The summed E-state index contributed by atoms with van der Waals surface area (Å²) in [5.74, 6) is -0.451. The van der Waals surface area contributed by atoms with Crippen molar-refractivity contribution in [2.24, 2.45) is 5.16 Å². The number of benzene rings is 1. The fourth-order valence-electron chi connectivity index (χ4n) is 1.94. The highest BCUT2D eigenvalue weighted by Crippen LogP contribution is 2.15. The van der Waals surface area contributed by atoms with Crippen molar-refractivity contribution >= 4 is 17.3 Å². The van der Waals surface area contributed by atoms with Gasteiger partial charge in [0.05, 0.1) is 10.6 Å². The summed E-state index contributed by atoms with van der Waals surface area (Å²) in [6, 6.07) is 5.23. The molecular formula is C15H13N3O4. The Bertz CT molecular complexity index is 728. The highest BCUT2D eigenvalue weighted by atomic mass is 16.6. The van der Waals surface area contributed by atoms with E-state index in [0.29, 0.717) is 11.3 Å². The summed E-state index contributed by atoms with van der Waals surface area (Å²) in [5, 5.41) is 25.5. The van der Waals surface area contributed by atoms with Crippen LogP contribution in [0.25, 0.3) is 0 Å². The van der Waals surface area contributed by atoms with Crippen LogP contribution in [0.2, 0.25) is 0 Å². The zero-order valence-corrected chi connectivity index (χ0v) is 11.7. The van der Waals surface area contributed by atoms with Gasteiger partial charge in [0.1, 0.15) is 5.71 Å². The SMILES string of the molecule is C/C=C1/C=CC=C(NC(=O)c2ccc([N+](=O)[O-])cc2)/C1=N\O. The van der Waals surface area contributed by atoms with E-state index in [1.807, 2.05) is 0 Å². The van der Waals surface area contributed by atoms with Gasteiger partial charge in [0.2, 0.25) is 0 Å². The van der Waals surface area contributed by atoms with Crippen molar-refractivity contribution in [3.05, 3.63) is 75.5 Å². The van der Waals surface area contributed by atoms with Crippen LogP contribution in [-0.4, -0.2) is 21.7 Å². The number of nitro groups is 1. The summed E-state index contributed by atoms with van der Waals surface area (Å²) < 4.78 is 0. The standard InChI is InChI=1S/C15H13N3O4/c1-2-10-4-3-5-13(14(10)17-20)16-15(19)11-6-8-12(9-7-11)18(21)22/h2-9,20H,1H3,(H,16,19)/b10-2-,17-14-. The monoisotopic (exact) mass is 299 g/mol. The van der Waals surface area contributed by atoms with Crippen molar-refractivity contribution in [2.45, 2.75) is 6.92 Å². The van der Waals surface area contributed by atoms with Gasteiger partial charge in [-0.25, -0.2) is 0 Å². The van der Waals surface area contributed by atoms with Crippen molar-refractivity contribution in [1.29, 1.82) is 0 Å². The first-order valence-electron chi connectivity index (χ1n) is 6.40. The molecule has 0 spiro atoms. The minimum absolute atomic E-state index is 0.0924. The maximum Gasteiger partial charge on any atom is 0.269 e. The van der Waals surface area contributed by atoms with Gasteiger partial charge in [0.15, 0.2) is 0 Å². The topological polar surface area (TPSA) is 105 Å². The Morgan fingerprint density at radius 2 is 2.05 bits per heavy atom. The normalized spacial score (nSPS) is 17.4. The lowest BCUT2D eigenvalue weighted by molar-refractivity contribution is -0.384. The molecular weight excluding hydrogens is 286 g/mol. The molecule has 0 radical (unpaired) electrons. The number of nitro benzene ring substituents is 1. The van der Waals surface area contributed by atoms with Gasteiger partial charge in [-0.1, -0.05) is 23.4 Å². The third-order valence-corrected chi connectivity index (χ3v) is 3.07. The number of non-ortho nitro benzene ring substituents is 1. The van der Waals surface area contributed by atoms with E-state index >= 15 is 0 Å². The smallest absolute Gasteiger partial charge is 0.269 e. The van der Waals surface area contributed by atoms with Gasteiger partial charge in [-0.3, -0.25) is 14.9 Å². The van der Waals surface area contributed by atoms with E-state index in [9.17, 15) is 14.9 Å². The largest absolute Gasteiger partial charge is 0.410 e. The molecule has 112 valence electrons. The van der Waals surface area contributed by atoms with Gasteiger partial charge in [0.25, 0.3) is 11.6 Å². The van der Waals surface area contributed by atoms with Crippen molar-refractivity contribution in [3.8, 4) is 0 Å². The van der Waals surface area contributed by atoms with E-state index in [0.717, 1.165) is 0 Å². The third-order valence-electron chi connectivity index (χ3n) is 3.07. The van der Waals surface area contributed by atoms with Crippen LogP contribution in [0.4, 0.5) is 5.69 Å². The molecule has 7 heteroatoms. The number of amides is 1. The molecule has 0 aromatic heterocycles. The minimum atomic E-state index is -0.537. The van der Waals surface area contributed by atoms with Crippen LogP contribution in [-0.2, 0) is 0 Å². The van der Waals surface area contributed by atoms with Crippen molar-refractivity contribution in [3.63, 3.8) is 0 Å². The van der Waals surface area contributed by atoms with Gasteiger partial charge in [-0.05, 0) is 25.1 Å². The Balaban J connectivity index is 2.20. The van der Waals surface area contributed by atoms with Crippen LogP contribution >= 0.6 is 0 Å². The molecule has 0 saturated carbocycles. The molecule has 0 unspecified atom stereocenters. The number of oxime groups is 1. The molecule has 1 amide bonds. The maximum atomic E-state index is 12.1. The summed E-state index contributed by atoms with van der Waals surface area (Å²) >= 11 is 0. The summed E-state index contributed by atoms with van der Waals surface area (Å²) in [7, 11) is 0. The van der Waals surface area contributed by atoms with Gasteiger partial charge in [-0.15, -0.1) is 0 Å². The van der Waals surface area contributed by atoms with Gasteiger partial charge >= 0.3 is 0 Å². The summed E-state index contributed by atoms with van der Waals surface area (Å²) in [4.78, 5) is 22.2. The molecule has 0 bridgehead atoms. The fraction of sp³-hybridized carbons (Fsp3) is 0.0667.